The van der Waals surface area contributed by atoms with Crippen molar-refractivity contribution in [2.24, 2.45) is 5.73 Å². The highest BCUT2D eigenvalue weighted by molar-refractivity contribution is 5.79. The number of primary amides is 1. The molecule has 2 amide bonds. The molecule has 1 aliphatic carbocycles. The summed E-state index contributed by atoms with van der Waals surface area (Å²) in [6.45, 7) is 0. The molecule has 130 valence electrons. The average molecular weight is 350 g/mol. The van der Waals surface area contributed by atoms with Crippen LogP contribution >= 0.6 is 0 Å². The van der Waals surface area contributed by atoms with Crippen molar-refractivity contribution in [3.63, 3.8) is 0 Å². The van der Waals surface area contributed by atoms with Crippen LogP contribution in [0.1, 0.15) is 17.3 Å². The molecule has 25 heavy (non-hydrogen) atoms. The molecule has 1 heterocycles. The van der Waals surface area contributed by atoms with Crippen molar-refractivity contribution < 1.29 is 18.0 Å². The highest BCUT2D eigenvalue weighted by Gasteiger charge is 2.60. The average Bonchev–Trinajstić information content (AvgIpc) is 3.08. The van der Waals surface area contributed by atoms with Crippen molar-refractivity contribution in [3.05, 3.63) is 59.9 Å². The van der Waals surface area contributed by atoms with E-state index < -0.39 is 23.7 Å². The van der Waals surface area contributed by atoms with Crippen molar-refractivity contribution in [2.45, 2.75) is 17.6 Å². The normalized spacial score (nSPS) is 23.2. The molecule has 2 unspecified atom stereocenters. The second kappa shape index (κ2) is 6.04. The van der Waals surface area contributed by atoms with Gasteiger partial charge in [-0.2, -0.15) is 18.4 Å². The number of H-pyrrole nitrogens is 1. The standard InChI is InChI=1S/C15H13F3N6O/c16-15(17,18)14(20-13(19)25)7-6-10(9-4-2-1-3-5-9)8-11(14)12-21-23-24-22-12/h1-8,11H,(H3,19,20,25)(H,21,22,23,24). The Morgan fingerprint density at radius 3 is 2.56 bits per heavy atom. The van der Waals surface area contributed by atoms with E-state index in [0.29, 0.717) is 11.1 Å². The molecule has 0 fully saturated rings. The Morgan fingerprint density at radius 2 is 2.00 bits per heavy atom. The van der Waals surface area contributed by atoms with Gasteiger partial charge in [-0.05, 0) is 17.2 Å². The number of allylic oxidation sites excluding steroid dienone is 2. The molecule has 10 heteroatoms. The smallest absolute Gasteiger partial charge is 0.352 e. The summed E-state index contributed by atoms with van der Waals surface area (Å²) >= 11 is 0. The number of carbonyl (C=O) groups excluding carboxylic acids is 1. The molecule has 1 aromatic carbocycles. The maximum atomic E-state index is 13.9. The van der Waals surface area contributed by atoms with E-state index in [-0.39, 0.29) is 5.82 Å². The number of hydrogen-bond acceptors (Lipinski definition) is 4. The number of aromatic nitrogens is 4. The largest absolute Gasteiger partial charge is 0.416 e. The van der Waals surface area contributed by atoms with E-state index >= 15 is 0 Å². The molecule has 4 N–H and O–H groups in total. The van der Waals surface area contributed by atoms with Crippen LogP contribution in [0.15, 0.2) is 48.6 Å². The molecule has 1 aromatic heterocycles. The predicted molar refractivity (Wildman–Crippen MR) is 82.0 cm³/mol. The lowest BCUT2D eigenvalue weighted by atomic mass is 9.76. The summed E-state index contributed by atoms with van der Waals surface area (Å²) in [6.07, 6.45) is -1.36. The highest BCUT2D eigenvalue weighted by Crippen LogP contribution is 2.46. The van der Waals surface area contributed by atoms with Crippen LogP contribution < -0.4 is 11.1 Å². The highest BCUT2D eigenvalue weighted by atomic mass is 19.4. The zero-order chi connectivity index (χ0) is 18.1. The molecule has 0 bridgehead atoms. The molecular formula is C15H13F3N6O. The van der Waals surface area contributed by atoms with Crippen molar-refractivity contribution >= 4 is 11.6 Å². The molecule has 0 aliphatic heterocycles. The third-order valence-electron chi connectivity index (χ3n) is 3.91. The monoisotopic (exact) mass is 350 g/mol. The second-order valence-electron chi connectivity index (χ2n) is 5.43. The Balaban J connectivity index is 2.15. The van der Waals surface area contributed by atoms with E-state index in [1.165, 1.54) is 12.2 Å². The van der Waals surface area contributed by atoms with E-state index in [4.69, 9.17) is 5.73 Å². The van der Waals surface area contributed by atoms with Gasteiger partial charge in [0.15, 0.2) is 11.4 Å². The summed E-state index contributed by atoms with van der Waals surface area (Å²) in [6, 6.07) is 7.52. The van der Waals surface area contributed by atoms with Gasteiger partial charge in [0.25, 0.3) is 0 Å². The van der Waals surface area contributed by atoms with E-state index in [2.05, 4.69) is 20.6 Å². The molecule has 2 atom stereocenters. The molecule has 0 spiro atoms. The molecule has 0 saturated heterocycles. The Morgan fingerprint density at radius 1 is 1.28 bits per heavy atom. The summed E-state index contributed by atoms with van der Waals surface area (Å²) in [5.41, 5.74) is 3.46. The fourth-order valence-corrected chi connectivity index (χ4v) is 2.76. The minimum absolute atomic E-state index is 0.219. The number of rotatable bonds is 3. The van der Waals surface area contributed by atoms with Crippen LogP contribution in [-0.4, -0.2) is 38.4 Å². The van der Waals surface area contributed by atoms with Crippen molar-refractivity contribution in [1.82, 2.24) is 25.9 Å². The van der Waals surface area contributed by atoms with Gasteiger partial charge in [0.1, 0.15) is 0 Å². The number of hydrogen-bond donors (Lipinski definition) is 3. The fourth-order valence-electron chi connectivity index (χ4n) is 2.76. The van der Waals surface area contributed by atoms with Crippen LogP contribution in [0.2, 0.25) is 0 Å². The van der Waals surface area contributed by atoms with Crippen LogP contribution in [0.5, 0.6) is 0 Å². The van der Waals surface area contributed by atoms with Crippen LogP contribution in [-0.2, 0) is 0 Å². The maximum absolute atomic E-state index is 13.9. The van der Waals surface area contributed by atoms with Crippen molar-refractivity contribution in [1.29, 1.82) is 0 Å². The summed E-state index contributed by atoms with van der Waals surface area (Å²) < 4.78 is 41.7. The van der Waals surface area contributed by atoms with Gasteiger partial charge in [-0.3, -0.25) is 0 Å². The predicted octanol–water partition coefficient (Wildman–Crippen LogP) is 1.91. The zero-order valence-electron chi connectivity index (χ0n) is 12.7. The summed E-state index contributed by atoms with van der Waals surface area (Å²) in [4.78, 5) is 11.3. The van der Waals surface area contributed by atoms with Gasteiger partial charge in [-0.25, -0.2) is 4.79 Å². The lowest BCUT2D eigenvalue weighted by molar-refractivity contribution is -0.182. The van der Waals surface area contributed by atoms with Crippen molar-refractivity contribution in [2.75, 3.05) is 0 Å². The zero-order valence-corrected chi connectivity index (χ0v) is 12.7. The van der Waals surface area contributed by atoms with Crippen molar-refractivity contribution in [3.8, 4) is 0 Å². The fraction of sp³-hybridized carbons (Fsp3) is 0.200. The van der Waals surface area contributed by atoms with Gasteiger partial charge >= 0.3 is 12.2 Å². The van der Waals surface area contributed by atoms with Crippen LogP contribution in [0, 0.1) is 0 Å². The number of benzene rings is 1. The molecular weight excluding hydrogens is 337 g/mol. The number of alkyl halides is 3. The van der Waals surface area contributed by atoms with Gasteiger partial charge in [-0.15, -0.1) is 10.2 Å². The Bertz CT molecular complexity index is 816. The Kier molecular flexibility index (Phi) is 4.03. The third kappa shape index (κ3) is 2.97. The summed E-state index contributed by atoms with van der Waals surface area (Å²) in [7, 11) is 0. The molecule has 3 rings (SSSR count). The molecule has 2 aromatic rings. The first-order valence-corrected chi connectivity index (χ1v) is 7.17. The van der Waals surface area contributed by atoms with E-state index in [1.54, 1.807) is 35.6 Å². The summed E-state index contributed by atoms with van der Waals surface area (Å²) in [5, 5.41) is 14.6. The number of urea groups is 1. The SMILES string of the molecule is NC(=O)NC1(C(F)(F)F)C=CC(c2ccccc2)=CC1c1nn[nH]n1. The number of nitrogens with two attached hydrogens (primary N) is 1. The lowest BCUT2D eigenvalue weighted by Gasteiger charge is -2.39. The minimum atomic E-state index is -4.84. The number of aromatic amines is 1. The topological polar surface area (TPSA) is 110 Å². The minimum Gasteiger partial charge on any atom is -0.352 e. The van der Waals surface area contributed by atoms with Crippen LogP contribution in [0.4, 0.5) is 18.0 Å². The molecule has 0 saturated carbocycles. The van der Waals surface area contributed by atoms with Gasteiger partial charge < -0.3 is 11.1 Å². The number of nitrogens with zero attached hydrogens (tertiary/aromatic N) is 3. The molecule has 1 aliphatic rings. The van der Waals surface area contributed by atoms with Crippen LogP contribution in [0.25, 0.3) is 5.57 Å². The Hall–Kier alpha value is -3.17. The van der Waals surface area contributed by atoms with Gasteiger partial charge in [0.05, 0.1) is 5.92 Å². The number of nitrogens with one attached hydrogen (secondary N) is 2. The number of carbonyl (C=O) groups is 1. The maximum Gasteiger partial charge on any atom is 0.416 e. The van der Waals surface area contributed by atoms with Gasteiger partial charge in [0.2, 0.25) is 0 Å². The second-order valence-corrected chi connectivity index (χ2v) is 5.43. The van der Waals surface area contributed by atoms with Gasteiger partial charge in [0, 0.05) is 0 Å². The first-order valence-electron chi connectivity index (χ1n) is 7.17. The van der Waals surface area contributed by atoms with E-state index in [0.717, 1.165) is 6.08 Å². The Labute approximate surface area is 139 Å². The van der Waals surface area contributed by atoms with E-state index in [9.17, 15) is 18.0 Å². The number of tetrazole rings is 1. The molecule has 0 radical (unpaired) electrons. The quantitative estimate of drug-likeness (QED) is 0.785. The first kappa shape index (κ1) is 16.7. The first-order chi connectivity index (χ1) is 11.8. The number of halogens is 3. The molecule has 7 nitrogen and oxygen atoms in total. The van der Waals surface area contributed by atoms with Crippen LogP contribution in [0.3, 0.4) is 0 Å². The number of amides is 2. The third-order valence-corrected chi connectivity index (χ3v) is 3.91. The lowest BCUT2D eigenvalue weighted by Crippen LogP contribution is -2.62. The van der Waals surface area contributed by atoms with Gasteiger partial charge in [-0.1, -0.05) is 47.7 Å². The van der Waals surface area contributed by atoms with E-state index in [1.807, 2.05) is 0 Å². The summed E-state index contributed by atoms with van der Waals surface area (Å²) in [5.74, 6) is -1.66.